The van der Waals surface area contributed by atoms with Gasteiger partial charge in [-0.15, -0.1) is 10.2 Å². The van der Waals surface area contributed by atoms with E-state index in [-0.39, 0.29) is 22.9 Å². The molecule has 3 aromatic rings. The largest absolute Gasteiger partial charge is 0.411 e. The summed E-state index contributed by atoms with van der Waals surface area (Å²) in [6, 6.07) is 16.2. The topological polar surface area (TPSA) is 68.0 Å². The molecule has 1 aromatic heterocycles. The van der Waals surface area contributed by atoms with Crippen LogP contribution in [0.4, 0.5) is 4.39 Å². The summed E-state index contributed by atoms with van der Waals surface area (Å²) in [5.74, 6) is 0.324. The van der Waals surface area contributed by atoms with Gasteiger partial charge in [-0.2, -0.15) is 0 Å². The molecular formula is C22H22FN3O2S. The van der Waals surface area contributed by atoms with Crippen molar-refractivity contribution in [2.75, 3.05) is 12.3 Å². The molecule has 150 valence electrons. The fourth-order valence-electron chi connectivity index (χ4n) is 3.83. The normalized spacial score (nSPS) is 15.3. The number of thioether (sulfide) groups is 1. The van der Waals surface area contributed by atoms with Crippen molar-refractivity contribution in [1.82, 2.24) is 15.5 Å². The number of amides is 1. The van der Waals surface area contributed by atoms with Crippen LogP contribution in [0.2, 0.25) is 0 Å². The van der Waals surface area contributed by atoms with Crippen LogP contribution in [0.3, 0.4) is 0 Å². The van der Waals surface area contributed by atoms with Crippen molar-refractivity contribution in [3.63, 3.8) is 0 Å². The third-order valence-corrected chi connectivity index (χ3v) is 6.21. The van der Waals surface area contributed by atoms with Gasteiger partial charge in [0.15, 0.2) is 0 Å². The summed E-state index contributed by atoms with van der Waals surface area (Å²) in [5.41, 5.74) is 1.83. The number of halogens is 1. The maximum absolute atomic E-state index is 13.3. The second-order valence-corrected chi connectivity index (χ2v) is 8.23. The monoisotopic (exact) mass is 411 g/mol. The number of nitrogens with zero attached hydrogens (tertiary/aromatic N) is 2. The van der Waals surface area contributed by atoms with Gasteiger partial charge in [-0.1, -0.05) is 54.9 Å². The quantitative estimate of drug-likeness (QED) is 0.576. The molecule has 7 heteroatoms. The SMILES string of the molecule is O=C(CSc1nnc(-c2ccccc2)o1)NCC1(c2ccc(F)cc2)CCCC1. The molecule has 0 bridgehead atoms. The van der Waals surface area contributed by atoms with Crippen LogP contribution in [0.5, 0.6) is 0 Å². The zero-order valence-electron chi connectivity index (χ0n) is 15.9. The molecule has 1 saturated carbocycles. The molecule has 1 aliphatic carbocycles. The van der Waals surface area contributed by atoms with E-state index in [1.54, 1.807) is 0 Å². The maximum atomic E-state index is 13.3. The molecule has 1 amide bonds. The first-order valence-corrected chi connectivity index (χ1v) is 10.7. The lowest BCUT2D eigenvalue weighted by atomic mass is 9.79. The van der Waals surface area contributed by atoms with Crippen LogP contribution in [0.25, 0.3) is 11.5 Å². The molecule has 0 aliphatic heterocycles. The summed E-state index contributed by atoms with van der Waals surface area (Å²) in [5, 5.41) is 11.4. The molecule has 1 heterocycles. The summed E-state index contributed by atoms with van der Waals surface area (Å²) >= 11 is 1.22. The first-order chi connectivity index (χ1) is 14.1. The Hall–Kier alpha value is -2.67. The second kappa shape index (κ2) is 8.78. The van der Waals surface area contributed by atoms with Crippen LogP contribution in [0.15, 0.2) is 64.2 Å². The number of carbonyl (C=O) groups is 1. The molecule has 0 radical (unpaired) electrons. The Morgan fingerprint density at radius 2 is 1.79 bits per heavy atom. The van der Waals surface area contributed by atoms with Gasteiger partial charge in [-0.3, -0.25) is 4.79 Å². The molecule has 1 N–H and O–H groups in total. The first-order valence-electron chi connectivity index (χ1n) is 9.69. The van der Waals surface area contributed by atoms with E-state index in [4.69, 9.17) is 4.42 Å². The highest BCUT2D eigenvalue weighted by molar-refractivity contribution is 7.99. The van der Waals surface area contributed by atoms with Gasteiger partial charge in [0.2, 0.25) is 11.8 Å². The summed E-state index contributed by atoms with van der Waals surface area (Å²) < 4.78 is 18.9. The molecule has 0 atom stereocenters. The molecule has 0 spiro atoms. The van der Waals surface area contributed by atoms with Crippen LogP contribution < -0.4 is 5.32 Å². The molecule has 1 fully saturated rings. The number of hydrogen-bond donors (Lipinski definition) is 1. The van der Waals surface area contributed by atoms with Gasteiger partial charge >= 0.3 is 0 Å². The predicted molar refractivity (Wildman–Crippen MR) is 110 cm³/mol. The van der Waals surface area contributed by atoms with E-state index in [0.717, 1.165) is 36.8 Å². The van der Waals surface area contributed by atoms with E-state index < -0.39 is 0 Å². The van der Waals surface area contributed by atoms with Gasteiger partial charge in [-0.25, -0.2) is 4.39 Å². The van der Waals surface area contributed by atoms with Crippen LogP contribution in [0, 0.1) is 5.82 Å². The highest BCUT2D eigenvalue weighted by Gasteiger charge is 2.35. The summed E-state index contributed by atoms with van der Waals surface area (Å²) in [6.45, 7) is 0.553. The number of rotatable bonds is 7. The zero-order valence-corrected chi connectivity index (χ0v) is 16.8. The standard InChI is InChI=1S/C22H22FN3O2S/c23-18-10-8-17(9-11-18)22(12-4-5-13-22)15-24-19(27)14-29-21-26-25-20(28-21)16-6-2-1-3-7-16/h1-3,6-11H,4-5,12-15H2,(H,24,27). The molecule has 29 heavy (non-hydrogen) atoms. The van der Waals surface area contributed by atoms with Crippen molar-refractivity contribution in [3.8, 4) is 11.5 Å². The Morgan fingerprint density at radius 3 is 2.52 bits per heavy atom. The lowest BCUT2D eigenvalue weighted by molar-refractivity contribution is -0.118. The molecule has 2 aromatic carbocycles. The minimum Gasteiger partial charge on any atom is -0.411 e. The van der Waals surface area contributed by atoms with Gasteiger partial charge in [0.1, 0.15) is 5.82 Å². The number of hydrogen-bond acceptors (Lipinski definition) is 5. The summed E-state index contributed by atoms with van der Waals surface area (Å²) in [6.07, 6.45) is 4.23. The van der Waals surface area contributed by atoms with Crippen molar-refractivity contribution in [3.05, 3.63) is 66.0 Å². The van der Waals surface area contributed by atoms with Gasteiger partial charge in [-0.05, 0) is 42.7 Å². The predicted octanol–water partition coefficient (Wildman–Crippen LogP) is 4.60. The van der Waals surface area contributed by atoms with E-state index in [2.05, 4.69) is 15.5 Å². The van der Waals surface area contributed by atoms with Crippen LogP contribution in [0.1, 0.15) is 31.2 Å². The number of benzene rings is 2. The van der Waals surface area contributed by atoms with Crippen molar-refractivity contribution in [1.29, 1.82) is 0 Å². The third-order valence-electron chi connectivity index (χ3n) is 5.40. The molecule has 4 rings (SSSR count). The molecule has 1 aliphatic rings. The Morgan fingerprint density at radius 1 is 1.07 bits per heavy atom. The van der Waals surface area contributed by atoms with Crippen LogP contribution >= 0.6 is 11.8 Å². The van der Waals surface area contributed by atoms with Gasteiger partial charge < -0.3 is 9.73 Å². The first kappa shape index (κ1) is 19.6. The minimum atomic E-state index is -0.239. The van der Waals surface area contributed by atoms with E-state index in [0.29, 0.717) is 17.7 Å². The third kappa shape index (κ3) is 4.67. The number of carbonyl (C=O) groups excluding carboxylic acids is 1. The van der Waals surface area contributed by atoms with Crippen molar-refractivity contribution >= 4 is 17.7 Å². The lowest BCUT2D eigenvalue weighted by Crippen LogP contribution is -2.39. The Balaban J connectivity index is 1.33. The average molecular weight is 412 g/mol. The summed E-state index contributed by atoms with van der Waals surface area (Å²) in [7, 11) is 0. The number of nitrogens with one attached hydrogen (secondary N) is 1. The summed E-state index contributed by atoms with van der Waals surface area (Å²) in [4.78, 5) is 12.4. The van der Waals surface area contributed by atoms with E-state index in [9.17, 15) is 9.18 Å². The Bertz CT molecular complexity index is 954. The fourth-order valence-corrected chi connectivity index (χ4v) is 4.43. The maximum Gasteiger partial charge on any atom is 0.277 e. The molecule has 5 nitrogen and oxygen atoms in total. The highest BCUT2D eigenvalue weighted by Crippen LogP contribution is 2.40. The molecular weight excluding hydrogens is 389 g/mol. The van der Waals surface area contributed by atoms with E-state index in [1.165, 1.54) is 23.9 Å². The fraction of sp³-hybridized carbons (Fsp3) is 0.318. The Labute approximate surface area is 173 Å². The second-order valence-electron chi connectivity index (χ2n) is 7.30. The zero-order chi connectivity index (χ0) is 20.1. The van der Waals surface area contributed by atoms with Crippen molar-refractivity contribution < 1.29 is 13.6 Å². The minimum absolute atomic E-state index is 0.0807. The molecule has 0 unspecified atom stereocenters. The number of aromatic nitrogens is 2. The van der Waals surface area contributed by atoms with Gasteiger partial charge in [0.25, 0.3) is 5.22 Å². The van der Waals surface area contributed by atoms with E-state index in [1.807, 2.05) is 42.5 Å². The van der Waals surface area contributed by atoms with Crippen LogP contribution in [-0.4, -0.2) is 28.4 Å². The van der Waals surface area contributed by atoms with Crippen molar-refractivity contribution in [2.24, 2.45) is 0 Å². The molecule has 0 saturated heterocycles. The van der Waals surface area contributed by atoms with E-state index >= 15 is 0 Å². The average Bonchev–Trinajstić information content (AvgIpc) is 3.42. The Kier molecular flexibility index (Phi) is 5.94. The smallest absolute Gasteiger partial charge is 0.277 e. The van der Waals surface area contributed by atoms with Gasteiger partial charge in [0.05, 0.1) is 5.75 Å². The highest BCUT2D eigenvalue weighted by atomic mass is 32.2. The lowest BCUT2D eigenvalue weighted by Gasteiger charge is -2.30. The van der Waals surface area contributed by atoms with Gasteiger partial charge in [0, 0.05) is 17.5 Å². The van der Waals surface area contributed by atoms with Crippen molar-refractivity contribution in [2.45, 2.75) is 36.3 Å². The van der Waals surface area contributed by atoms with Crippen LogP contribution in [-0.2, 0) is 10.2 Å².